The Hall–Kier alpha value is -2.78. The van der Waals surface area contributed by atoms with E-state index in [1.54, 1.807) is 0 Å². The molecule has 0 bridgehead atoms. The van der Waals surface area contributed by atoms with E-state index in [-0.39, 0.29) is 35.3 Å². The summed E-state index contributed by atoms with van der Waals surface area (Å²) in [4.78, 5) is 26.8. The molecule has 2 aromatic rings. The van der Waals surface area contributed by atoms with Crippen LogP contribution in [0.3, 0.4) is 0 Å². The van der Waals surface area contributed by atoms with Gasteiger partial charge in [-0.1, -0.05) is 11.6 Å². The summed E-state index contributed by atoms with van der Waals surface area (Å²) in [6.45, 7) is 2.13. The van der Waals surface area contributed by atoms with E-state index in [4.69, 9.17) is 0 Å². The van der Waals surface area contributed by atoms with E-state index in [2.05, 4.69) is 20.7 Å². The summed E-state index contributed by atoms with van der Waals surface area (Å²) in [6, 6.07) is 4.28. The topological polar surface area (TPSA) is 115 Å². The standard InChI is InChI=1S/C15H16N6O3.ClH/c22-15(18-8-11-3-5-16-6-4-11)12-1-2-13(14(7-12)21(23)24)20-10-17-9-19-20;/h1-3,7,9-10,16H,4-6,8H2,(H,18,22);1H. The molecule has 0 radical (unpaired) electrons. The van der Waals surface area contributed by atoms with Crippen LogP contribution in [0.2, 0.25) is 0 Å². The van der Waals surface area contributed by atoms with Crippen LogP contribution in [0.15, 0.2) is 42.5 Å². The van der Waals surface area contributed by atoms with Gasteiger partial charge >= 0.3 is 0 Å². The van der Waals surface area contributed by atoms with E-state index < -0.39 is 4.92 Å². The predicted molar refractivity (Wildman–Crippen MR) is 93.2 cm³/mol. The Morgan fingerprint density at radius 2 is 2.28 bits per heavy atom. The van der Waals surface area contributed by atoms with Crippen molar-refractivity contribution in [1.29, 1.82) is 0 Å². The zero-order valence-electron chi connectivity index (χ0n) is 13.2. The fraction of sp³-hybridized carbons (Fsp3) is 0.267. The minimum atomic E-state index is -0.539. The van der Waals surface area contributed by atoms with Crippen molar-refractivity contribution in [2.24, 2.45) is 0 Å². The maximum Gasteiger partial charge on any atom is 0.295 e. The molecule has 2 heterocycles. The van der Waals surface area contributed by atoms with Crippen LogP contribution < -0.4 is 10.6 Å². The molecule has 1 aromatic heterocycles. The number of rotatable bonds is 5. The molecule has 1 aliphatic rings. The number of nitrogens with zero attached hydrogens (tertiary/aromatic N) is 4. The van der Waals surface area contributed by atoms with Crippen molar-refractivity contribution in [1.82, 2.24) is 25.4 Å². The molecule has 0 unspecified atom stereocenters. The van der Waals surface area contributed by atoms with Gasteiger partial charge in [-0.25, -0.2) is 9.67 Å². The Kier molecular flexibility index (Phi) is 6.20. The van der Waals surface area contributed by atoms with E-state index in [9.17, 15) is 14.9 Å². The molecule has 9 nitrogen and oxygen atoms in total. The average Bonchev–Trinajstić information content (AvgIpc) is 3.14. The molecule has 3 rings (SSSR count). The first-order valence-corrected chi connectivity index (χ1v) is 7.45. The van der Waals surface area contributed by atoms with Crippen LogP contribution in [0.5, 0.6) is 0 Å². The summed E-state index contributed by atoms with van der Waals surface area (Å²) >= 11 is 0. The molecule has 1 aromatic carbocycles. The first-order chi connectivity index (χ1) is 11.6. The number of amides is 1. The zero-order valence-corrected chi connectivity index (χ0v) is 14.0. The average molecular weight is 365 g/mol. The maximum absolute atomic E-state index is 12.2. The highest BCUT2D eigenvalue weighted by Gasteiger charge is 2.19. The summed E-state index contributed by atoms with van der Waals surface area (Å²) in [5.41, 5.74) is 1.44. The molecule has 132 valence electrons. The third-order valence-corrected chi connectivity index (χ3v) is 3.73. The van der Waals surface area contributed by atoms with Gasteiger partial charge in [0.2, 0.25) is 0 Å². The van der Waals surface area contributed by atoms with Crippen molar-refractivity contribution in [3.63, 3.8) is 0 Å². The van der Waals surface area contributed by atoms with Gasteiger partial charge in [-0.15, -0.1) is 12.4 Å². The SMILES string of the molecule is Cl.O=C(NCC1=CCNCC1)c1ccc(-n2cncn2)c([N+](=O)[O-])c1. The fourth-order valence-electron chi connectivity index (χ4n) is 2.46. The summed E-state index contributed by atoms with van der Waals surface area (Å²) in [7, 11) is 0. The lowest BCUT2D eigenvalue weighted by molar-refractivity contribution is -0.384. The zero-order chi connectivity index (χ0) is 16.9. The summed E-state index contributed by atoms with van der Waals surface area (Å²) in [6.07, 6.45) is 5.58. The van der Waals surface area contributed by atoms with Crippen molar-refractivity contribution in [3.05, 3.63) is 58.2 Å². The van der Waals surface area contributed by atoms with E-state index in [0.29, 0.717) is 6.54 Å². The van der Waals surface area contributed by atoms with Crippen LogP contribution in [0.1, 0.15) is 16.8 Å². The second-order valence-electron chi connectivity index (χ2n) is 5.30. The van der Waals surface area contributed by atoms with Crippen LogP contribution in [0.25, 0.3) is 5.69 Å². The molecular formula is C15H17ClN6O3. The molecule has 0 spiro atoms. The summed E-state index contributed by atoms with van der Waals surface area (Å²) in [5.74, 6) is -0.345. The third-order valence-electron chi connectivity index (χ3n) is 3.73. The van der Waals surface area contributed by atoms with Gasteiger partial charge in [0, 0.05) is 24.7 Å². The number of aromatic nitrogens is 3. The first-order valence-electron chi connectivity index (χ1n) is 7.45. The normalized spacial score (nSPS) is 13.5. The first kappa shape index (κ1) is 18.6. The minimum absolute atomic E-state index is 0. The lowest BCUT2D eigenvalue weighted by atomic mass is 10.1. The van der Waals surface area contributed by atoms with Gasteiger partial charge in [-0.2, -0.15) is 5.10 Å². The van der Waals surface area contributed by atoms with Crippen LogP contribution in [-0.4, -0.2) is 45.2 Å². The Morgan fingerprint density at radius 3 is 2.92 bits per heavy atom. The number of hydrogen-bond donors (Lipinski definition) is 2. The van der Waals surface area contributed by atoms with Gasteiger partial charge in [0.25, 0.3) is 11.6 Å². The number of nitro benzene ring substituents is 1. The molecule has 1 aliphatic heterocycles. The Morgan fingerprint density at radius 1 is 1.44 bits per heavy atom. The number of benzene rings is 1. The van der Waals surface area contributed by atoms with Crippen LogP contribution >= 0.6 is 12.4 Å². The summed E-state index contributed by atoms with van der Waals surface area (Å²) < 4.78 is 1.29. The van der Waals surface area contributed by atoms with Gasteiger partial charge < -0.3 is 10.6 Å². The van der Waals surface area contributed by atoms with Crippen molar-refractivity contribution >= 4 is 24.0 Å². The smallest absolute Gasteiger partial charge is 0.295 e. The molecular weight excluding hydrogens is 348 g/mol. The summed E-state index contributed by atoms with van der Waals surface area (Å²) in [5, 5.41) is 21.2. The van der Waals surface area contributed by atoms with Crippen molar-refractivity contribution < 1.29 is 9.72 Å². The van der Waals surface area contributed by atoms with Gasteiger partial charge in [0.1, 0.15) is 18.3 Å². The minimum Gasteiger partial charge on any atom is -0.348 e. The molecule has 1 amide bonds. The van der Waals surface area contributed by atoms with Crippen molar-refractivity contribution in [2.75, 3.05) is 19.6 Å². The lowest BCUT2D eigenvalue weighted by Gasteiger charge is -2.14. The maximum atomic E-state index is 12.2. The molecule has 25 heavy (non-hydrogen) atoms. The molecule has 10 heteroatoms. The second-order valence-corrected chi connectivity index (χ2v) is 5.30. The molecule has 0 fully saturated rings. The molecule has 0 saturated carbocycles. The second kappa shape index (κ2) is 8.36. The number of halogens is 1. The highest BCUT2D eigenvalue weighted by Crippen LogP contribution is 2.23. The van der Waals surface area contributed by atoms with Crippen LogP contribution in [-0.2, 0) is 0 Å². The molecule has 0 atom stereocenters. The van der Waals surface area contributed by atoms with Crippen LogP contribution in [0, 0.1) is 10.1 Å². The fourth-order valence-corrected chi connectivity index (χ4v) is 2.46. The number of carbonyl (C=O) groups is 1. The van der Waals surface area contributed by atoms with Gasteiger partial charge in [0.15, 0.2) is 0 Å². The third kappa shape index (κ3) is 4.40. The monoisotopic (exact) mass is 364 g/mol. The lowest BCUT2D eigenvalue weighted by Crippen LogP contribution is -2.29. The van der Waals surface area contributed by atoms with Gasteiger partial charge in [-0.3, -0.25) is 14.9 Å². The molecule has 0 saturated heterocycles. The number of carbonyl (C=O) groups excluding carboxylic acids is 1. The largest absolute Gasteiger partial charge is 0.348 e. The van der Waals surface area contributed by atoms with E-state index in [0.717, 1.165) is 25.1 Å². The van der Waals surface area contributed by atoms with Gasteiger partial charge in [0.05, 0.1) is 4.92 Å². The van der Waals surface area contributed by atoms with Crippen LogP contribution in [0.4, 0.5) is 5.69 Å². The number of hydrogen-bond acceptors (Lipinski definition) is 6. The number of nitrogens with one attached hydrogen (secondary N) is 2. The van der Waals surface area contributed by atoms with E-state index in [1.165, 1.54) is 35.5 Å². The molecule has 2 N–H and O–H groups in total. The Labute approximate surface area is 149 Å². The predicted octanol–water partition coefficient (Wildman–Crippen LogP) is 1.25. The van der Waals surface area contributed by atoms with Gasteiger partial charge in [-0.05, 0) is 25.1 Å². The van der Waals surface area contributed by atoms with E-state index >= 15 is 0 Å². The Balaban J connectivity index is 0.00000225. The Bertz CT molecular complexity index is 791. The quantitative estimate of drug-likeness (QED) is 0.468. The number of nitro groups is 1. The van der Waals surface area contributed by atoms with Crippen molar-refractivity contribution in [2.45, 2.75) is 6.42 Å². The van der Waals surface area contributed by atoms with E-state index in [1.807, 2.05) is 6.08 Å². The molecule has 0 aliphatic carbocycles. The highest BCUT2D eigenvalue weighted by molar-refractivity contribution is 5.95. The van der Waals surface area contributed by atoms with Crippen molar-refractivity contribution in [3.8, 4) is 5.69 Å². The highest BCUT2D eigenvalue weighted by atomic mass is 35.5.